The molecule has 1 aliphatic heterocycles. The van der Waals surface area contributed by atoms with E-state index in [1.165, 1.54) is 0 Å². The zero-order chi connectivity index (χ0) is 10.2. The number of halogens is 3. The highest BCUT2D eigenvalue weighted by atomic mass is 19.4. The molecule has 0 aromatic carbocycles. The predicted octanol–water partition coefficient (Wildman–Crippen LogP) is 1.22. The molecule has 2 nitrogen and oxygen atoms in total. The Morgan fingerprint density at radius 3 is 2.08 bits per heavy atom. The Kier molecular flexibility index (Phi) is 2.87. The average Bonchev–Trinajstić information content (AvgIpc) is 2.29. The first-order valence-electron chi connectivity index (χ1n) is 4.38. The van der Waals surface area contributed by atoms with Gasteiger partial charge in [-0.2, -0.15) is 13.2 Å². The number of likely N-dealkylation sites (tertiary alicyclic amines) is 1. The van der Waals surface area contributed by atoms with Gasteiger partial charge in [0.1, 0.15) is 0 Å². The van der Waals surface area contributed by atoms with Crippen molar-refractivity contribution in [1.29, 1.82) is 0 Å². The van der Waals surface area contributed by atoms with E-state index in [1.807, 2.05) is 13.8 Å². The standard InChI is InChI=1S/C8H15F3N2/c1-5(2)13-3-6(7(12)4-13)8(9,10)11/h5-7H,3-4,12H2,1-2H3. The van der Waals surface area contributed by atoms with Gasteiger partial charge in [-0.05, 0) is 13.8 Å². The minimum atomic E-state index is -4.15. The van der Waals surface area contributed by atoms with Crippen molar-refractivity contribution in [3.05, 3.63) is 0 Å². The first-order valence-corrected chi connectivity index (χ1v) is 4.38. The van der Waals surface area contributed by atoms with Crippen molar-refractivity contribution >= 4 is 0 Å². The van der Waals surface area contributed by atoms with Gasteiger partial charge < -0.3 is 5.73 Å². The van der Waals surface area contributed by atoms with Crippen LogP contribution in [0.2, 0.25) is 0 Å². The van der Waals surface area contributed by atoms with Crippen LogP contribution in [-0.4, -0.2) is 36.2 Å². The fourth-order valence-electron chi connectivity index (χ4n) is 1.63. The first-order chi connectivity index (χ1) is 5.82. The zero-order valence-corrected chi connectivity index (χ0v) is 7.80. The Labute approximate surface area is 75.9 Å². The Morgan fingerprint density at radius 2 is 1.85 bits per heavy atom. The Bertz CT molecular complexity index is 179. The van der Waals surface area contributed by atoms with E-state index in [4.69, 9.17) is 5.73 Å². The molecule has 2 unspecified atom stereocenters. The highest BCUT2D eigenvalue weighted by Gasteiger charge is 2.48. The lowest BCUT2D eigenvalue weighted by molar-refractivity contribution is -0.173. The molecule has 13 heavy (non-hydrogen) atoms. The van der Waals surface area contributed by atoms with Crippen LogP contribution in [0.4, 0.5) is 13.2 Å². The maximum Gasteiger partial charge on any atom is 0.394 e. The first kappa shape index (κ1) is 10.8. The molecular weight excluding hydrogens is 181 g/mol. The quantitative estimate of drug-likeness (QED) is 0.683. The van der Waals surface area contributed by atoms with E-state index in [9.17, 15) is 13.2 Å². The van der Waals surface area contributed by atoms with Crippen LogP contribution in [0.5, 0.6) is 0 Å². The van der Waals surface area contributed by atoms with Crippen LogP contribution in [0.1, 0.15) is 13.8 Å². The molecule has 0 radical (unpaired) electrons. The van der Waals surface area contributed by atoms with Gasteiger partial charge in [0.15, 0.2) is 0 Å². The van der Waals surface area contributed by atoms with Crippen molar-refractivity contribution < 1.29 is 13.2 Å². The molecular formula is C8H15F3N2. The third-order valence-corrected chi connectivity index (χ3v) is 2.54. The second-order valence-corrected chi connectivity index (χ2v) is 3.86. The monoisotopic (exact) mass is 196 g/mol. The van der Waals surface area contributed by atoms with Crippen molar-refractivity contribution in [2.75, 3.05) is 13.1 Å². The molecule has 5 heteroatoms. The molecule has 0 bridgehead atoms. The fraction of sp³-hybridized carbons (Fsp3) is 1.00. The molecule has 0 saturated carbocycles. The summed E-state index contributed by atoms with van der Waals surface area (Å²) in [5.74, 6) is -1.35. The SMILES string of the molecule is CC(C)N1CC(N)C(C(F)(F)F)C1. The minimum absolute atomic E-state index is 0.0440. The summed E-state index contributed by atoms with van der Waals surface area (Å²) in [6.07, 6.45) is -4.15. The van der Waals surface area contributed by atoms with Gasteiger partial charge in [-0.1, -0.05) is 0 Å². The normalized spacial score (nSPS) is 31.6. The van der Waals surface area contributed by atoms with E-state index in [0.29, 0.717) is 6.54 Å². The van der Waals surface area contributed by atoms with E-state index in [0.717, 1.165) is 0 Å². The Balaban J connectivity index is 2.62. The Hall–Kier alpha value is -0.290. The van der Waals surface area contributed by atoms with Crippen LogP contribution in [-0.2, 0) is 0 Å². The smallest absolute Gasteiger partial charge is 0.326 e. The lowest BCUT2D eigenvalue weighted by Gasteiger charge is -2.20. The molecule has 0 amide bonds. The molecule has 1 rings (SSSR count). The molecule has 1 aliphatic rings. The molecule has 1 saturated heterocycles. The van der Waals surface area contributed by atoms with Gasteiger partial charge in [-0.15, -0.1) is 0 Å². The van der Waals surface area contributed by atoms with Crippen LogP contribution in [0.15, 0.2) is 0 Å². The van der Waals surface area contributed by atoms with Gasteiger partial charge in [0.2, 0.25) is 0 Å². The Morgan fingerprint density at radius 1 is 1.31 bits per heavy atom. The number of nitrogens with two attached hydrogens (primary N) is 1. The second kappa shape index (κ2) is 3.46. The molecule has 2 atom stereocenters. The molecule has 0 spiro atoms. The van der Waals surface area contributed by atoms with Gasteiger partial charge in [-0.25, -0.2) is 0 Å². The lowest BCUT2D eigenvalue weighted by Crippen LogP contribution is -2.38. The highest BCUT2D eigenvalue weighted by molar-refractivity contribution is 4.91. The van der Waals surface area contributed by atoms with Gasteiger partial charge in [0.25, 0.3) is 0 Å². The van der Waals surface area contributed by atoms with Crippen LogP contribution in [0.25, 0.3) is 0 Å². The van der Waals surface area contributed by atoms with Crippen LogP contribution in [0.3, 0.4) is 0 Å². The van der Waals surface area contributed by atoms with Gasteiger partial charge >= 0.3 is 6.18 Å². The number of nitrogens with zero attached hydrogens (tertiary/aromatic N) is 1. The lowest BCUT2D eigenvalue weighted by atomic mass is 10.0. The maximum absolute atomic E-state index is 12.3. The fourth-order valence-corrected chi connectivity index (χ4v) is 1.63. The summed E-state index contributed by atoms with van der Waals surface area (Å²) in [6.45, 7) is 4.15. The van der Waals surface area contributed by atoms with E-state index in [-0.39, 0.29) is 12.6 Å². The third kappa shape index (κ3) is 2.34. The van der Waals surface area contributed by atoms with E-state index >= 15 is 0 Å². The van der Waals surface area contributed by atoms with E-state index < -0.39 is 18.1 Å². The molecule has 2 N–H and O–H groups in total. The van der Waals surface area contributed by atoms with Gasteiger partial charge in [-0.3, -0.25) is 4.90 Å². The molecule has 0 aromatic heterocycles. The molecule has 0 aliphatic carbocycles. The van der Waals surface area contributed by atoms with Crippen molar-refractivity contribution in [2.24, 2.45) is 11.7 Å². The minimum Gasteiger partial charge on any atom is -0.326 e. The zero-order valence-electron chi connectivity index (χ0n) is 7.80. The summed E-state index contributed by atoms with van der Waals surface area (Å²) in [5.41, 5.74) is 5.43. The predicted molar refractivity (Wildman–Crippen MR) is 44.2 cm³/mol. The molecule has 78 valence electrons. The highest BCUT2D eigenvalue weighted by Crippen LogP contribution is 2.33. The van der Waals surface area contributed by atoms with E-state index in [2.05, 4.69) is 0 Å². The number of hydrogen-bond acceptors (Lipinski definition) is 2. The number of rotatable bonds is 1. The van der Waals surface area contributed by atoms with Crippen LogP contribution < -0.4 is 5.73 Å². The van der Waals surface area contributed by atoms with Gasteiger partial charge in [0, 0.05) is 25.2 Å². The number of alkyl halides is 3. The van der Waals surface area contributed by atoms with Crippen molar-refractivity contribution in [1.82, 2.24) is 4.90 Å². The molecule has 1 fully saturated rings. The topological polar surface area (TPSA) is 29.3 Å². The summed E-state index contributed by atoms with van der Waals surface area (Å²) >= 11 is 0. The summed E-state index contributed by atoms with van der Waals surface area (Å²) in [6, 6.07) is -0.624. The summed E-state index contributed by atoms with van der Waals surface area (Å²) in [7, 11) is 0. The summed E-state index contributed by atoms with van der Waals surface area (Å²) in [5, 5.41) is 0. The van der Waals surface area contributed by atoms with Gasteiger partial charge in [0.05, 0.1) is 5.92 Å². The molecule has 0 aromatic rings. The second-order valence-electron chi connectivity index (χ2n) is 3.86. The largest absolute Gasteiger partial charge is 0.394 e. The third-order valence-electron chi connectivity index (χ3n) is 2.54. The van der Waals surface area contributed by atoms with Crippen molar-refractivity contribution in [3.63, 3.8) is 0 Å². The number of hydrogen-bond donors (Lipinski definition) is 1. The summed E-state index contributed by atoms with van der Waals surface area (Å²) in [4.78, 5) is 1.77. The van der Waals surface area contributed by atoms with Crippen molar-refractivity contribution in [3.8, 4) is 0 Å². The van der Waals surface area contributed by atoms with Crippen LogP contribution in [0, 0.1) is 5.92 Å². The summed E-state index contributed by atoms with van der Waals surface area (Å²) < 4.78 is 37.0. The average molecular weight is 196 g/mol. The molecule has 1 heterocycles. The van der Waals surface area contributed by atoms with E-state index in [1.54, 1.807) is 4.90 Å². The maximum atomic E-state index is 12.3. The van der Waals surface area contributed by atoms with Crippen LogP contribution >= 0.6 is 0 Å². The van der Waals surface area contributed by atoms with Crippen molar-refractivity contribution in [2.45, 2.75) is 32.1 Å².